The molecule has 0 amide bonds. The smallest absolute Gasteiger partial charge is 0.119 e. The van der Waals surface area contributed by atoms with Gasteiger partial charge in [-0.3, -0.25) is 0 Å². The van der Waals surface area contributed by atoms with Crippen molar-refractivity contribution in [1.29, 1.82) is 0 Å². The molecule has 0 saturated carbocycles. The van der Waals surface area contributed by atoms with Crippen LogP contribution >= 0.6 is 0 Å². The third-order valence-corrected chi connectivity index (χ3v) is 3.63. The Morgan fingerprint density at radius 2 is 2.17 bits per heavy atom. The SMILES string of the molecule is COc1ccc2c(c1)CC(NCCN(C)C)CC2. The summed E-state index contributed by atoms with van der Waals surface area (Å²) in [6.45, 7) is 2.17. The Morgan fingerprint density at radius 1 is 1.33 bits per heavy atom. The summed E-state index contributed by atoms with van der Waals surface area (Å²) >= 11 is 0. The van der Waals surface area contributed by atoms with E-state index in [1.54, 1.807) is 7.11 Å². The molecule has 0 spiro atoms. The van der Waals surface area contributed by atoms with Crippen LogP contribution in [0.1, 0.15) is 17.5 Å². The largest absolute Gasteiger partial charge is 0.497 e. The summed E-state index contributed by atoms with van der Waals surface area (Å²) in [6.07, 6.45) is 3.55. The number of likely N-dealkylation sites (N-methyl/N-ethyl adjacent to an activating group) is 1. The van der Waals surface area contributed by atoms with Crippen molar-refractivity contribution in [3.8, 4) is 5.75 Å². The number of fused-ring (bicyclic) bond motifs is 1. The van der Waals surface area contributed by atoms with E-state index in [1.165, 1.54) is 24.0 Å². The van der Waals surface area contributed by atoms with Crippen molar-refractivity contribution < 1.29 is 4.74 Å². The molecule has 0 bridgehead atoms. The van der Waals surface area contributed by atoms with Gasteiger partial charge < -0.3 is 15.0 Å². The first-order valence-corrected chi connectivity index (χ1v) is 6.73. The summed E-state index contributed by atoms with van der Waals surface area (Å²) in [5.74, 6) is 0.975. The number of methoxy groups -OCH3 is 1. The van der Waals surface area contributed by atoms with Crippen LogP contribution in [-0.4, -0.2) is 45.2 Å². The molecule has 1 N–H and O–H groups in total. The fraction of sp³-hybridized carbons (Fsp3) is 0.600. The van der Waals surface area contributed by atoms with Crippen LogP contribution in [0.2, 0.25) is 0 Å². The minimum atomic E-state index is 0.615. The summed E-state index contributed by atoms with van der Waals surface area (Å²) in [6, 6.07) is 7.09. The van der Waals surface area contributed by atoms with E-state index in [4.69, 9.17) is 4.74 Å². The van der Waals surface area contributed by atoms with Crippen molar-refractivity contribution in [2.75, 3.05) is 34.3 Å². The maximum absolute atomic E-state index is 5.30. The van der Waals surface area contributed by atoms with Crippen molar-refractivity contribution in [3.63, 3.8) is 0 Å². The van der Waals surface area contributed by atoms with Crippen molar-refractivity contribution in [3.05, 3.63) is 29.3 Å². The third kappa shape index (κ3) is 3.47. The molecule has 0 radical (unpaired) electrons. The Hall–Kier alpha value is -1.06. The number of nitrogens with one attached hydrogen (secondary N) is 1. The lowest BCUT2D eigenvalue weighted by atomic mass is 9.88. The second kappa shape index (κ2) is 6.21. The van der Waals surface area contributed by atoms with Crippen LogP contribution in [0.25, 0.3) is 0 Å². The normalized spacial score (nSPS) is 18.8. The highest BCUT2D eigenvalue weighted by molar-refractivity contribution is 5.37. The number of aryl methyl sites for hydroxylation is 1. The molecule has 3 nitrogen and oxygen atoms in total. The molecule has 0 aromatic heterocycles. The van der Waals surface area contributed by atoms with Crippen LogP contribution in [0.4, 0.5) is 0 Å². The molecular weight excluding hydrogens is 224 g/mol. The molecule has 1 aromatic carbocycles. The van der Waals surface area contributed by atoms with Gasteiger partial charge in [0, 0.05) is 19.1 Å². The van der Waals surface area contributed by atoms with Gasteiger partial charge in [0.2, 0.25) is 0 Å². The van der Waals surface area contributed by atoms with Crippen molar-refractivity contribution in [2.45, 2.75) is 25.3 Å². The van der Waals surface area contributed by atoms with E-state index in [2.05, 4.69) is 42.5 Å². The van der Waals surface area contributed by atoms with Crippen LogP contribution in [-0.2, 0) is 12.8 Å². The summed E-state index contributed by atoms with van der Waals surface area (Å²) in [4.78, 5) is 2.22. The van der Waals surface area contributed by atoms with Gasteiger partial charge in [-0.2, -0.15) is 0 Å². The van der Waals surface area contributed by atoms with Gasteiger partial charge in [0.15, 0.2) is 0 Å². The van der Waals surface area contributed by atoms with Gasteiger partial charge in [0.05, 0.1) is 7.11 Å². The molecule has 1 aliphatic carbocycles. The number of benzene rings is 1. The second-order valence-corrected chi connectivity index (χ2v) is 5.33. The van der Waals surface area contributed by atoms with Crippen LogP contribution in [0.3, 0.4) is 0 Å². The first-order chi connectivity index (χ1) is 8.69. The fourth-order valence-corrected chi connectivity index (χ4v) is 2.53. The minimum Gasteiger partial charge on any atom is -0.497 e. The standard InChI is InChI=1S/C15H24N2O/c1-17(2)9-8-16-14-6-4-12-5-7-15(18-3)11-13(12)10-14/h5,7,11,14,16H,4,6,8-10H2,1-3H3. The summed E-state index contributed by atoms with van der Waals surface area (Å²) in [7, 11) is 5.96. The molecule has 1 aliphatic rings. The first kappa shape index (κ1) is 13.4. The Bertz CT molecular complexity index is 390. The third-order valence-electron chi connectivity index (χ3n) is 3.63. The number of hydrogen-bond donors (Lipinski definition) is 1. The highest BCUT2D eigenvalue weighted by Gasteiger charge is 2.18. The Balaban J connectivity index is 1.92. The molecule has 1 unspecified atom stereocenters. The lowest BCUT2D eigenvalue weighted by Crippen LogP contribution is -2.38. The molecule has 100 valence electrons. The van der Waals surface area contributed by atoms with Crippen LogP contribution in [0.5, 0.6) is 5.75 Å². The number of hydrogen-bond acceptors (Lipinski definition) is 3. The maximum atomic E-state index is 5.30. The molecule has 3 heteroatoms. The quantitative estimate of drug-likeness (QED) is 0.858. The maximum Gasteiger partial charge on any atom is 0.119 e. The zero-order valence-corrected chi connectivity index (χ0v) is 11.7. The predicted octanol–water partition coefficient (Wildman–Crippen LogP) is 1.70. The van der Waals surface area contributed by atoms with Gasteiger partial charge in [-0.05, 0) is 56.6 Å². The predicted molar refractivity (Wildman–Crippen MR) is 75.4 cm³/mol. The van der Waals surface area contributed by atoms with Crippen molar-refractivity contribution in [1.82, 2.24) is 10.2 Å². The summed E-state index contributed by atoms with van der Waals surface area (Å²) in [5.41, 5.74) is 2.93. The topological polar surface area (TPSA) is 24.5 Å². The van der Waals surface area contributed by atoms with Crippen LogP contribution in [0, 0.1) is 0 Å². The Kier molecular flexibility index (Phi) is 4.61. The van der Waals surface area contributed by atoms with E-state index >= 15 is 0 Å². The Morgan fingerprint density at radius 3 is 2.89 bits per heavy atom. The van der Waals surface area contributed by atoms with Gasteiger partial charge in [0.1, 0.15) is 5.75 Å². The summed E-state index contributed by atoms with van der Waals surface area (Å²) < 4.78 is 5.30. The van der Waals surface area contributed by atoms with E-state index < -0.39 is 0 Å². The zero-order valence-electron chi connectivity index (χ0n) is 11.7. The number of nitrogens with zero attached hydrogens (tertiary/aromatic N) is 1. The fourth-order valence-electron chi connectivity index (χ4n) is 2.53. The summed E-state index contributed by atoms with van der Waals surface area (Å²) in [5, 5.41) is 3.65. The van der Waals surface area contributed by atoms with Crippen LogP contribution < -0.4 is 10.1 Å². The second-order valence-electron chi connectivity index (χ2n) is 5.33. The van der Waals surface area contributed by atoms with Gasteiger partial charge in [-0.25, -0.2) is 0 Å². The van der Waals surface area contributed by atoms with E-state index in [-0.39, 0.29) is 0 Å². The molecule has 1 atom stereocenters. The molecule has 2 rings (SSSR count). The lowest BCUT2D eigenvalue weighted by Gasteiger charge is -2.26. The molecule has 1 aromatic rings. The average molecular weight is 248 g/mol. The van der Waals surface area contributed by atoms with Gasteiger partial charge in [0.25, 0.3) is 0 Å². The van der Waals surface area contributed by atoms with Gasteiger partial charge in [-0.1, -0.05) is 6.07 Å². The molecule has 0 fully saturated rings. The number of ether oxygens (including phenoxy) is 1. The number of rotatable bonds is 5. The van der Waals surface area contributed by atoms with E-state index in [0.717, 1.165) is 25.3 Å². The monoisotopic (exact) mass is 248 g/mol. The molecular formula is C15H24N2O. The zero-order chi connectivity index (χ0) is 13.0. The van der Waals surface area contributed by atoms with Crippen LogP contribution in [0.15, 0.2) is 18.2 Å². The molecule has 0 aliphatic heterocycles. The Labute approximate surface area is 110 Å². The van der Waals surface area contributed by atoms with Crippen molar-refractivity contribution in [2.24, 2.45) is 0 Å². The average Bonchev–Trinajstić information content (AvgIpc) is 2.37. The van der Waals surface area contributed by atoms with E-state index in [9.17, 15) is 0 Å². The first-order valence-electron chi connectivity index (χ1n) is 6.73. The van der Waals surface area contributed by atoms with E-state index in [0.29, 0.717) is 6.04 Å². The lowest BCUT2D eigenvalue weighted by molar-refractivity contribution is 0.370. The molecule has 0 heterocycles. The van der Waals surface area contributed by atoms with Gasteiger partial charge in [-0.15, -0.1) is 0 Å². The van der Waals surface area contributed by atoms with Crippen molar-refractivity contribution >= 4 is 0 Å². The highest BCUT2D eigenvalue weighted by atomic mass is 16.5. The highest BCUT2D eigenvalue weighted by Crippen LogP contribution is 2.25. The molecule has 18 heavy (non-hydrogen) atoms. The minimum absolute atomic E-state index is 0.615. The molecule has 0 saturated heterocycles. The van der Waals surface area contributed by atoms with E-state index in [1.807, 2.05) is 0 Å². The van der Waals surface area contributed by atoms with Gasteiger partial charge >= 0.3 is 0 Å².